The van der Waals surface area contributed by atoms with E-state index in [4.69, 9.17) is 4.42 Å². The Hall–Kier alpha value is -3.38. The number of likely N-dealkylation sites (tertiary alicyclic amines) is 1. The van der Waals surface area contributed by atoms with Crippen molar-refractivity contribution >= 4 is 23.2 Å². The number of anilines is 2. The Morgan fingerprint density at radius 1 is 1.00 bits per heavy atom. The van der Waals surface area contributed by atoms with Gasteiger partial charge in [0.05, 0.1) is 25.3 Å². The van der Waals surface area contributed by atoms with Gasteiger partial charge in [0.1, 0.15) is 5.76 Å². The van der Waals surface area contributed by atoms with Crippen molar-refractivity contribution in [2.24, 2.45) is 5.92 Å². The van der Waals surface area contributed by atoms with E-state index in [9.17, 15) is 9.59 Å². The minimum atomic E-state index is -0.128. The van der Waals surface area contributed by atoms with Crippen LogP contribution in [0.5, 0.6) is 0 Å². The number of para-hydroxylation sites is 2. The normalized spacial score (nSPS) is 16.6. The van der Waals surface area contributed by atoms with Crippen LogP contribution < -0.4 is 10.2 Å². The molecule has 0 bridgehead atoms. The van der Waals surface area contributed by atoms with Crippen LogP contribution >= 0.6 is 0 Å². The standard InChI is InChI=1S/C25H27N3O3/c29-24(28(18-23-14-8-16-31-23)22-12-5-2-6-13-22)19-27-15-7-9-20(17-27)25(30)26-21-10-3-1-4-11-21/h1-6,8,10-14,16,20H,7,9,15,17-19H2,(H,26,30). The van der Waals surface area contributed by atoms with Gasteiger partial charge >= 0.3 is 0 Å². The van der Waals surface area contributed by atoms with Crippen molar-refractivity contribution in [2.75, 3.05) is 29.9 Å². The van der Waals surface area contributed by atoms with Crippen LogP contribution in [0.1, 0.15) is 18.6 Å². The Kier molecular flexibility index (Phi) is 6.79. The fourth-order valence-electron chi connectivity index (χ4n) is 3.95. The van der Waals surface area contributed by atoms with Gasteiger partial charge in [0, 0.05) is 17.9 Å². The zero-order valence-corrected chi connectivity index (χ0v) is 17.4. The molecule has 1 saturated heterocycles. The van der Waals surface area contributed by atoms with Gasteiger partial charge in [-0.1, -0.05) is 36.4 Å². The topological polar surface area (TPSA) is 65.8 Å². The maximum absolute atomic E-state index is 13.2. The third kappa shape index (κ3) is 5.61. The van der Waals surface area contributed by atoms with Gasteiger partial charge in [0.25, 0.3) is 0 Å². The Morgan fingerprint density at radius 2 is 1.74 bits per heavy atom. The monoisotopic (exact) mass is 417 g/mol. The first-order chi connectivity index (χ1) is 15.2. The molecule has 1 fully saturated rings. The highest BCUT2D eigenvalue weighted by Crippen LogP contribution is 2.21. The fraction of sp³-hybridized carbons (Fsp3) is 0.280. The second-order valence-corrected chi connectivity index (χ2v) is 7.82. The first-order valence-corrected chi connectivity index (χ1v) is 10.6. The number of benzene rings is 2. The lowest BCUT2D eigenvalue weighted by Gasteiger charge is -2.33. The summed E-state index contributed by atoms with van der Waals surface area (Å²) in [6, 6.07) is 22.8. The first kappa shape index (κ1) is 20.9. The van der Waals surface area contributed by atoms with E-state index in [1.54, 1.807) is 11.2 Å². The predicted molar refractivity (Wildman–Crippen MR) is 121 cm³/mol. The van der Waals surface area contributed by atoms with E-state index in [1.165, 1.54) is 0 Å². The highest BCUT2D eigenvalue weighted by molar-refractivity contribution is 5.95. The molecule has 3 aromatic rings. The Balaban J connectivity index is 1.40. The predicted octanol–water partition coefficient (Wildman–Crippen LogP) is 4.16. The summed E-state index contributed by atoms with van der Waals surface area (Å²) in [5, 5.41) is 2.99. The Labute approximate surface area is 182 Å². The van der Waals surface area contributed by atoms with Crippen molar-refractivity contribution in [1.29, 1.82) is 0 Å². The van der Waals surface area contributed by atoms with Gasteiger partial charge in [0.2, 0.25) is 11.8 Å². The van der Waals surface area contributed by atoms with E-state index in [0.717, 1.165) is 36.5 Å². The van der Waals surface area contributed by atoms with Crippen LogP contribution in [0.4, 0.5) is 11.4 Å². The van der Waals surface area contributed by atoms with Gasteiger partial charge in [-0.05, 0) is 55.8 Å². The molecule has 6 heteroatoms. The molecule has 160 valence electrons. The van der Waals surface area contributed by atoms with Crippen LogP contribution in [0.2, 0.25) is 0 Å². The molecule has 0 saturated carbocycles. The van der Waals surface area contributed by atoms with Crippen molar-refractivity contribution in [1.82, 2.24) is 4.90 Å². The summed E-state index contributed by atoms with van der Waals surface area (Å²) in [6.45, 7) is 2.03. The Morgan fingerprint density at radius 3 is 2.45 bits per heavy atom. The zero-order valence-electron chi connectivity index (χ0n) is 17.4. The summed E-state index contributed by atoms with van der Waals surface area (Å²) in [6.07, 6.45) is 3.34. The lowest BCUT2D eigenvalue weighted by atomic mass is 9.97. The largest absolute Gasteiger partial charge is 0.467 e. The SMILES string of the molecule is O=C(Nc1ccccc1)C1CCCN(CC(=O)N(Cc2ccco2)c2ccccc2)C1. The third-order valence-corrected chi connectivity index (χ3v) is 5.54. The molecule has 1 N–H and O–H groups in total. The van der Waals surface area contributed by atoms with Crippen LogP contribution in [0.15, 0.2) is 83.5 Å². The van der Waals surface area contributed by atoms with E-state index in [-0.39, 0.29) is 24.3 Å². The molecule has 1 unspecified atom stereocenters. The molecule has 1 aromatic heterocycles. The second-order valence-electron chi connectivity index (χ2n) is 7.82. The van der Waals surface area contributed by atoms with Crippen molar-refractivity contribution in [3.05, 3.63) is 84.8 Å². The number of piperidine rings is 1. The minimum absolute atomic E-state index is 0.00767. The maximum Gasteiger partial charge on any atom is 0.241 e. The average molecular weight is 418 g/mol. The van der Waals surface area contributed by atoms with Gasteiger partial charge in [0.15, 0.2) is 0 Å². The molecular weight excluding hydrogens is 390 g/mol. The molecule has 2 heterocycles. The van der Waals surface area contributed by atoms with Crippen LogP contribution in [-0.2, 0) is 16.1 Å². The number of furan rings is 1. The summed E-state index contributed by atoms with van der Waals surface area (Å²) < 4.78 is 5.47. The van der Waals surface area contributed by atoms with Crippen LogP contribution in [0.25, 0.3) is 0 Å². The van der Waals surface area contributed by atoms with E-state index in [0.29, 0.717) is 13.1 Å². The second kappa shape index (κ2) is 10.1. The van der Waals surface area contributed by atoms with E-state index in [1.807, 2.05) is 72.8 Å². The van der Waals surface area contributed by atoms with E-state index >= 15 is 0 Å². The van der Waals surface area contributed by atoms with Gasteiger partial charge in [-0.15, -0.1) is 0 Å². The van der Waals surface area contributed by atoms with Gasteiger partial charge in [-0.25, -0.2) is 0 Å². The summed E-state index contributed by atoms with van der Waals surface area (Å²) in [5.74, 6) is 0.610. The summed E-state index contributed by atoms with van der Waals surface area (Å²) >= 11 is 0. The molecule has 1 atom stereocenters. The number of rotatable bonds is 7. The zero-order chi connectivity index (χ0) is 21.5. The van der Waals surface area contributed by atoms with Crippen molar-refractivity contribution in [3.8, 4) is 0 Å². The summed E-state index contributed by atoms with van der Waals surface area (Å²) in [7, 11) is 0. The number of hydrogen-bond donors (Lipinski definition) is 1. The molecule has 2 aromatic carbocycles. The fourth-order valence-corrected chi connectivity index (χ4v) is 3.95. The van der Waals surface area contributed by atoms with E-state index in [2.05, 4.69) is 10.2 Å². The van der Waals surface area contributed by atoms with Crippen molar-refractivity contribution in [2.45, 2.75) is 19.4 Å². The van der Waals surface area contributed by atoms with Gasteiger partial charge in [-0.3, -0.25) is 14.5 Å². The van der Waals surface area contributed by atoms with Crippen LogP contribution in [0.3, 0.4) is 0 Å². The molecule has 0 spiro atoms. The third-order valence-electron chi connectivity index (χ3n) is 5.54. The molecule has 2 amide bonds. The van der Waals surface area contributed by atoms with Crippen LogP contribution in [0, 0.1) is 5.92 Å². The molecule has 6 nitrogen and oxygen atoms in total. The molecule has 1 aliphatic heterocycles. The summed E-state index contributed by atoms with van der Waals surface area (Å²) in [4.78, 5) is 29.8. The molecule has 0 aliphatic carbocycles. The first-order valence-electron chi connectivity index (χ1n) is 10.6. The quantitative estimate of drug-likeness (QED) is 0.627. The minimum Gasteiger partial charge on any atom is -0.467 e. The maximum atomic E-state index is 13.2. The van der Waals surface area contributed by atoms with Gasteiger partial charge < -0.3 is 14.6 Å². The van der Waals surface area contributed by atoms with Crippen LogP contribution in [-0.4, -0.2) is 36.3 Å². The molecule has 31 heavy (non-hydrogen) atoms. The highest BCUT2D eigenvalue weighted by Gasteiger charge is 2.28. The lowest BCUT2D eigenvalue weighted by molar-refractivity contribution is -0.124. The number of carbonyl (C=O) groups excluding carboxylic acids is 2. The number of carbonyl (C=O) groups is 2. The highest BCUT2D eigenvalue weighted by atomic mass is 16.3. The summed E-state index contributed by atoms with van der Waals surface area (Å²) in [5.41, 5.74) is 1.63. The molecule has 1 aliphatic rings. The lowest BCUT2D eigenvalue weighted by Crippen LogP contribution is -2.46. The number of hydrogen-bond acceptors (Lipinski definition) is 4. The average Bonchev–Trinajstić information content (AvgIpc) is 3.32. The van der Waals surface area contributed by atoms with Crippen molar-refractivity contribution < 1.29 is 14.0 Å². The van der Waals surface area contributed by atoms with E-state index < -0.39 is 0 Å². The molecule has 0 radical (unpaired) electrons. The Bertz CT molecular complexity index is 974. The number of nitrogens with zero attached hydrogens (tertiary/aromatic N) is 2. The number of nitrogens with one attached hydrogen (secondary N) is 1. The number of amides is 2. The van der Waals surface area contributed by atoms with Gasteiger partial charge in [-0.2, -0.15) is 0 Å². The smallest absolute Gasteiger partial charge is 0.241 e. The van der Waals surface area contributed by atoms with Crippen molar-refractivity contribution in [3.63, 3.8) is 0 Å². The molecule has 4 rings (SSSR count). The molecular formula is C25H27N3O3.